The summed E-state index contributed by atoms with van der Waals surface area (Å²) < 4.78 is 7.08. The summed E-state index contributed by atoms with van der Waals surface area (Å²) in [5.41, 5.74) is -1.42. The van der Waals surface area contributed by atoms with Gasteiger partial charge in [0.2, 0.25) is 0 Å². The Morgan fingerprint density at radius 3 is 2.92 bits per heavy atom. The maximum atomic E-state index is 12.8. The Bertz CT molecular complexity index is 770. The van der Waals surface area contributed by atoms with Crippen molar-refractivity contribution in [1.29, 1.82) is 0 Å². The number of aliphatic hydroxyl groups is 2. The Kier molecular flexibility index (Phi) is 2.75. The predicted octanol–water partition coefficient (Wildman–Crippen LogP) is 2.07. The van der Waals surface area contributed by atoms with Crippen LogP contribution in [0.15, 0.2) is 23.7 Å². The monoisotopic (exact) mass is 358 g/mol. The van der Waals surface area contributed by atoms with Crippen molar-refractivity contribution >= 4 is 5.78 Å². The number of piperidine rings is 1. The fraction of sp³-hybridized carbons (Fsp3) is 0.762. The first kappa shape index (κ1) is 15.7. The second-order valence-electron chi connectivity index (χ2n) is 10.0. The molecule has 7 unspecified atom stereocenters. The summed E-state index contributed by atoms with van der Waals surface area (Å²) in [6.07, 6.45) is 8.59. The number of Topliss-reactive ketones (excluding diaryl/α,β-unsaturated/α-hetero) is 1. The molecule has 6 aliphatic rings. The molecule has 0 amide bonds. The molecule has 5 heteroatoms. The third-order valence-electron chi connectivity index (χ3n) is 8.79. The van der Waals surface area contributed by atoms with Gasteiger partial charge in [-0.1, -0.05) is 6.08 Å². The molecule has 5 nitrogen and oxygen atoms in total. The standard InChI is InChI=1S/C21H27NO4/c1-22(11-12-2-3-12)9-8-20-17-13-4-5-14(23)18(17)26-19(20)15(24)6-7-21(20,25)16(22)10-13/h4-5,12-13,16-17,19,25H,2-3,6-11H2,1H3/p+1. The SMILES string of the molecule is C[N+]1(CC2CC2)CCC23C4OC5=C(O)C=CC(CC1C2(O)CCC4=O)C53. The zero-order valence-corrected chi connectivity index (χ0v) is 15.4. The Labute approximate surface area is 153 Å². The summed E-state index contributed by atoms with van der Waals surface area (Å²) in [5.74, 6) is 1.86. The minimum atomic E-state index is -0.873. The van der Waals surface area contributed by atoms with E-state index in [1.165, 1.54) is 12.8 Å². The summed E-state index contributed by atoms with van der Waals surface area (Å²) in [6, 6.07) is 0.154. The van der Waals surface area contributed by atoms with Crippen molar-refractivity contribution in [2.75, 3.05) is 20.1 Å². The third-order valence-corrected chi connectivity index (χ3v) is 8.79. The van der Waals surface area contributed by atoms with Crippen molar-refractivity contribution in [3.05, 3.63) is 23.7 Å². The zero-order valence-electron chi connectivity index (χ0n) is 15.4. The lowest BCUT2D eigenvalue weighted by Gasteiger charge is -2.67. The molecule has 6 rings (SSSR count). The highest BCUT2D eigenvalue weighted by Crippen LogP contribution is 2.70. The summed E-state index contributed by atoms with van der Waals surface area (Å²) in [4.78, 5) is 12.8. The molecule has 0 aromatic rings. The van der Waals surface area contributed by atoms with Crippen LogP contribution in [0.1, 0.15) is 38.5 Å². The van der Waals surface area contributed by atoms with Gasteiger partial charge in [-0.15, -0.1) is 0 Å². The van der Waals surface area contributed by atoms with Gasteiger partial charge in [0.25, 0.3) is 0 Å². The lowest BCUT2D eigenvalue weighted by atomic mass is 9.44. The fourth-order valence-electron chi connectivity index (χ4n) is 7.56. The first-order valence-electron chi connectivity index (χ1n) is 10.3. The van der Waals surface area contributed by atoms with Crippen LogP contribution < -0.4 is 0 Å². The molecule has 0 radical (unpaired) electrons. The van der Waals surface area contributed by atoms with Gasteiger partial charge < -0.3 is 19.4 Å². The van der Waals surface area contributed by atoms with E-state index >= 15 is 0 Å². The van der Waals surface area contributed by atoms with Gasteiger partial charge >= 0.3 is 0 Å². The Balaban J connectivity index is 1.54. The average Bonchev–Trinajstić information content (AvgIpc) is 3.32. The number of allylic oxidation sites excluding steroid dienone is 3. The molecule has 2 heterocycles. The van der Waals surface area contributed by atoms with E-state index in [-0.39, 0.29) is 29.4 Å². The summed E-state index contributed by atoms with van der Waals surface area (Å²) in [6.45, 7) is 2.15. The van der Waals surface area contributed by atoms with Crippen LogP contribution in [0.4, 0.5) is 0 Å². The van der Waals surface area contributed by atoms with Crippen LogP contribution in [0.3, 0.4) is 0 Å². The molecule has 2 aliphatic heterocycles. The molecular weight excluding hydrogens is 330 g/mol. The topological polar surface area (TPSA) is 66.8 Å². The molecular formula is C21H28NO4+. The number of quaternary nitrogens is 1. The Hall–Kier alpha value is -1.33. The Morgan fingerprint density at radius 1 is 1.35 bits per heavy atom. The lowest BCUT2D eigenvalue weighted by Crippen LogP contribution is -2.80. The highest BCUT2D eigenvalue weighted by molar-refractivity contribution is 5.86. The molecule has 26 heavy (non-hydrogen) atoms. The molecule has 140 valence electrons. The molecule has 2 bridgehead atoms. The number of carbonyl (C=O) groups excluding carboxylic acids is 1. The van der Waals surface area contributed by atoms with Gasteiger partial charge in [0.05, 0.1) is 25.6 Å². The maximum Gasteiger partial charge on any atom is 0.174 e. The van der Waals surface area contributed by atoms with Crippen LogP contribution in [0.5, 0.6) is 0 Å². The smallest absolute Gasteiger partial charge is 0.174 e. The van der Waals surface area contributed by atoms with Gasteiger partial charge in [-0.25, -0.2) is 0 Å². The van der Waals surface area contributed by atoms with Gasteiger partial charge in [0, 0.05) is 31.1 Å². The van der Waals surface area contributed by atoms with Crippen LogP contribution in [-0.2, 0) is 9.53 Å². The summed E-state index contributed by atoms with van der Waals surface area (Å²) in [7, 11) is 2.33. The summed E-state index contributed by atoms with van der Waals surface area (Å²) in [5, 5.41) is 22.6. The maximum absolute atomic E-state index is 12.8. The third kappa shape index (κ3) is 1.60. The van der Waals surface area contributed by atoms with Gasteiger partial charge in [-0.2, -0.15) is 0 Å². The zero-order chi connectivity index (χ0) is 17.9. The average molecular weight is 358 g/mol. The van der Waals surface area contributed by atoms with Gasteiger partial charge in [0.15, 0.2) is 17.6 Å². The van der Waals surface area contributed by atoms with Crippen LogP contribution in [-0.4, -0.2) is 58.4 Å². The van der Waals surface area contributed by atoms with E-state index in [2.05, 4.69) is 13.1 Å². The number of carbonyl (C=O) groups is 1. The van der Waals surface area contributed by atoms with E-state index < -0.39 is 17.1 Å². The quantitative estimate of drug-likeness (QED) is 0.742. The molecule has 2 N–H and O–H groups in total. The number of nitrogens with zero attached hydrogens (tertiary/aromatic N) is 1. The van der Waals surface area contributed by atoms with E-state index in [1.807, 2.05) is 0 Å². The molecule has 3 saturated carbocycles. The number of ketones is 1. The molecule has 2 saturated heterocycles. The van der Waals surface area contributed by atoms with Crippen molar-refractivity contribution in [2.45, 2.75) is 56.3 Å². The van der Waals surface area contributed by atoms with Crippen molar-refractivity contribution in [2.24, 2.45) is 23.2 Å². The number of aliphatic hydroxyl groups excluding tert-OH is 1. The van der Waals surface area contributed by atoms with E-state index in [4.69, 9.17) is 4.74 Å². The van der Waals surface area contributed by atoms with E-state index in [9.17, 15) is 15.0 Å². The number of hydrogen-bond donors (Lipinski definition) is 2. The first-order chi connectivity index (χ1) is 12.4. The largest absolute Gasteiger partial charge is 0.504 e. The molecule has 0 aromatic heterocycles. The van der Waals surface area contributed by atoms with Gasteiger partial charge in [-0.05, 0) is 31.3 Å². The van der Waals surface area contributed by atoms with Gasteiger partial charge in [-0.3, -0.25) is 4.79 Å². The number of rotatable bonds is 2. The van der Waals surface area contributed by atoms with Crippen LogP contribution in [0, 0.1) is 23.2 Å². The van der Waals surface area contributed by atoms with Crippen molar-refractivity contribution < 1.29 is 24.2 Å². The van der Waals surface area contributed by atoms with E-state index in [0.717, 1.165) is 36.3 Å². The van der Waals surface area contributed by atoms with Crippen molar-refractivity contribution in [1.82, 2.24) is 0 Å². The van der Waals surface area contributed by atoms with E-state index in [0.29, 0.717) is 18.6 Å². The molecule has 5 fully saturated rings. The minimum Gasteiger partial charge on any atom is -0.504 e. The number of likely N-dealkylation sites (tertiary alicyclic amines) is 1. The predicted molar refractivity (Wildman–Crippen MR) is 93.9 cm³/mol. The molecule has 4 aliphatic carbocycles. The van der Waals surface area contributed by atoms with E-state index in [1.54, 1.807) is 6.08 Å². The summed E-state index contributed by atoms with van der Waals surface area (Å²) >= 11 is 0. The lowest BCUT2D eigenvalue weighted by molar-refractivity contribution is -0.954. The molecule has 7 atom stereocenters. The number of ether oxygens (including phenoxy) is 1. The van der Waals surface area contributed by atoms with Gasteiger partial charge in [0.1, 0.15) is 17.4 Å². The van der Waals surface area contributed by atoms with Crippen LogP contribution in [0.25, 0.3) is 0 Å². The second kappa shape index (κ2) is 4.56. The number of hydrogen-bond acceptors (Lipinski definition) is 4. The van der Waals surface area contributed by atoms with Crippen LogP contribution in [0.2, 0.25) is 0 Å². The second-order valence-corrected chi connectivity index (χ2v) is 10.0. The van der Waals surface area contributed by atoms with Crippen molar-refractivity contribution in [3.63, 3.8) is 0 Å². The van der Waals surface area contributed by atoms with Crippen molar-refractivity contribution in [3.8, 4) is 0 Å². The number of likely N-dealkylation sites (N-methyl/N-ethyl adjacent to an activating group) is 1. The normalized spacial score (nSPS) is 54.2. The Morgan fingerprint density at radius 2 is 2.15 bits per heavy atom. The van der Waals surface area contributed by atoms with Crippen LogP contribution >= 0.6 is 0 Å². The fourth-order valence-corrected chi connectivity index (χ4v) is 7.56. The highest BCUT2D eigenvalue weighted by Gasteiger charge is 2.80. The first-order valence-corrected chi connectivity index (χ1v) is 10.3. The minimum absolute atomic E-state index is 0.0438. The molecule has 1 spiro atoms. The molecule has 0 aromatic carbocycles. The highest BCUT2D eigenvalue weighted by atomic mass is 16.5.